The molecule has 1 aromatic rings. The maximum atomic E-state index is 12.0. The lowest BCUT2D eigenvalue weighted by Gasteiger charge is -2.14. The lowest BCUT2D eigenvalue weighted by atomic mass is 10.2. The van der Waals surface area contributed by atoms with Crippen LogP contribution in [0.15, 0.2) is 30.3 Å². The molecular formula is C12H12F3NO3. The minimum absolute atomic E-state index is 0.0636. The zero-order chi connectivity index (χ0) is 14.5. The van der Waals surface area contributed by atoms with Crippen LogP contribution in [-0.2, 0) is 20.9 Å². The van der Waals surface area contributed by atoms with Gasteiger partial charge in [0.1, 0.15) is 12.6 Å². The Hall–Kier alpha value is -2.05. The van der Waals surface area contributed by atoms with Gasteiger partial charge in [-0.1, -0.05) is 30.3 Å². The van der Waals surface area contributed by atoms with Gasteiger partial charge in [-0.2, -0.15) is 13.2 Å². The second kappa shape index (κ2) is 6.21. The van der Waals surface area contributed by atoms with Gasteiger partial charge >= 0.3 is 18.1 Å². The van der Waals surface area contributed by atoms with Gasteiger partial charge in [-0.3, -0.25) is 4.79 Å². The van der Waals surface area contributed by atoms with Gasteiger partial charge in [0.15, 0.2) is 0 Å². The fourth-order valence-corrected chi connectivity index (χ4v) is 1.19. The third-order valence-electron chi connectivity index (χ3n) is 2.18. The number of benzene rings is 1. The Morgan fingerprint density at radius 1 is 1.26 bits per heavy atom. The molecule has 104 valence electrons. The molecule has 19 heavy (non-hydrogen) atoms. The molecule has 0 radical (unpaired) electrons. The van der Waals surface area contributed by atoms with Crippen LogP contribution < -0.4 is 5.32 Å². The normalized spacial score (nSPS) is 12.6. The number of rotatable bonds is 4. The summed E-state index contributed by atoms with van der Waals surface area (Å²) in [5.41, 5.74) is 0.699. The highest BCUT2D eigenvalue weighted by atomic mass is 19.4. The molecule has 0 aromatic heterocycles. The molecule has 1 atom stereocenters. The Balaban J connectivity index is 2.43. The highest BCUT2D eigenvalue weighted by molar-refractivity contribution is 5.87. The van der Waals surface area contributed by atoms with Crippen LogP contribution in [0, 0.1) is 0 Å². The number of amides is 1. The number of hydrogen-bond donors (Lipinski definition) is 1. The molecule has 0 fully saturated rings. The topological polar surface area (TPSA) is 55.4 Å². The monoisotopic (exact) mass is 275 g/mol. The van der Waals surface area contributed by atoms with Gasteiger partial charge in [0, 0.05) is 0 Å². The van der Waals surface area contributed by atoms with Crippen molar-refractivity contribution >= 4 is 11.9 Å². The predicted octanol–water partition coefficient (Wildman–Crippen LogP) is 1.80. The molecule has 0 saturated carbocycles. The van der Waals surface area contributed by atoms with Gasteiger partial charge in [-0.25, -0.2) is 4.79 Å². The fourth-order valence-electron chi connectivity index (χ4n) is 1.19. The Morgan fingerprint density at radius 3 is 2.37 bits per heavy atom. The predicted molar refractivity (Wildman–Crippen MR) is 59.9 cm³/mol. The number of carbonyl (C=O) groups is 2. The zero-order valence-corrected chi connectivity index (χ0v) is 10.0. The summed E-state index contributed by atoms with van der Waals surface area (Å²) in [6, 6.07) is 7.28. The lowest BCUT2D eigenvalue weighted by Crippen LogP contribution is -2.45. The number of hydrogen-bond acceptors (Lipinski definition) is 3. The second-order valence-electron chi connectivity index (χ2n) is 3.79. The molecule has 0 heterocycles. The summed E-state index contributed by atoms with van der Waals surface area (Å²) in [6.45, 7) is 1.06. The molecule has 1 amide bonds. The van der Waals surface area contributed by atoms with Gasteiger partial charge in [-0.05, 0) is 12.5 Å². The second-order valence-corrected chi connectivity index (χ2v) is 3.79. The first-order valence-corrected chi connectivity index (χ1v) is 5.39. The SMILES string of the molecule is C[C@H](NC(=O)C(F)(F)F)C(=O)OCc1ccccc1. The summed E-state index contributed by atoms with van der Waals surface area (Å²) in [6.07, 6.45) is -5.02. The minimum Gasteiger partial charge on any atom is -0.459 e. The van der Waals surface area contributed by atoms with Crippen molar-refractivity contribution in [3.05, 3.63) is 35.9 Å². The van der Waals surface area contributed by atoms with Crippen LogP contribution in [0.5, 0.6) is 0 Å². The zero-order valence-electron chi connectivity index (χ0n) is 10.0. The fraction of sp³-hybridized carbons (Fsp3) is 0.333. The number of ether oxygens (including phenoxy) is 1. The molecule has 7 heteroatoms. The highest BCUT2D eigenvalue weighted by Gasteiger charge is 2.40. The summed E-state index contributed by atoms with van der Waals surface area (Å²) in [5, 5.41) is 1.52. The summed E-state index contributed by atoms with van der Waals surface area (Å²) in [7, 11) is 0. The molecular weight excluding hydrogens is 263 g/mol. The highest BCUT2D eigenvalue weighted by Crippen LogP contribution is 2.14. The van der Waals surface area contributed by atoms with E-state index in [4.69, 9.17) is 4.74 Å². The van der Waals surface area contributed by atoms with Crippen LogP contribution in [0.25, 0.3) is 0 Å². The number of nitrogens with one attached hydrogen (secondary N) is 1. The van der Waals surface area contributed by atoms with Crippen LogP contribution in [0.3, 0.4) is 0 Å². The molecule has 1 N–H and O–H groups in total. The molecule has 0 aliphatic rings. The number of carbonyl (C=O) groups excluding carboxylic acids is 2. The number of halogens is 3. The molecule has 1 aromatic carbocycles. The Kier molecular flexibility index (Phi) is 4.91. The van der Waals surface area contributed by atoms with Gasteiger partial charge in [-0.15, -0.1) is 0 Å². The van der Waals surface area contributed by atoms with E-state index in [1.54, 1.807) is 30.3 Å². The average Bonchev–Trinajstić information content (AvgIpc) is 2.35. The maximum Gasteiger partial charge on any atom is 0.471 e. The molecule has 1 rings (SSSR count). The first kappa shape index (κ1) is 15.0. The van der Waals surface area contributed by atoms with Crippen LogP contribution in [-0.4, -0.2) is 24.1 Å². The van der Waals surface area contributed by atoms with Crippen molar-refractivity contribution in [2.45, 2.75) is 25.7 Å². The number of alkyl halides is 3. The van der Waals surface area contributed by atoms with E-state index in [0.29, 0.717) is 5.56 Å². The third kappa shape index (κ3) is 4.99. The summed E-state index contributed by atoms with van der Waals surface area (Å²) in [4.78, 5) is 22.0. The minimum atomic E-state index is -5.02. The van der Waals surface area contributed by atoms with Crippen molar-refractivity contribution in [1.82, 2.24) is 5.32 Å². The van der Waals surface area contributed by atoms with E-state index < -0.39 is 24.1 Å². The Labute approximate surface area is 107 Å². The molecule has 0 aliphatic heterocycles. The molecule has 0 spiro atoms. The molecule has 4 nitrogen and oxygen atoms in total. The molecule has 0 saturated heterocycles. The molecule has 0 unspecified atom stereocenters. The first-order chi connectivity index (χ1) is 8.80. The molecule has 0 aliphatic carbocycles. The number of esters is 1. The smallest absolute Gasteiger partial charge is 0.459 e. The van der Waals surface area contributed by atoms with Gasteiger partial charge in [0.2, 0.25) is 0 Å². The van der Waals surface area contributed by atoms with Gasteiger partial charge in [0.25, 0.3) is 0 Å². The van der Waals surface area contributed by atoms with Crippen molar-refractivity contribution in [1.29, 1.82) is 0 Å². The maximum absolute atomic E-state index is 12.0. The van der Waals surface area contributed by atoms with Crippen LogP contribution >= 0.6 is 0 Å². The van der Waals surface area contributed by atoms with Crippen molar-refractivity contribution < 1.29 is 27.5 Å². The van der Waals surface area contributed by atoms with Crippen molar-refractivity contribution in [2.24, 2.45) is 0 Å². The van der Waals surface area contributed by atoms with Gasteiger partial charge < -0.3 is 10.1 Å². The van der Waals surface area contributed by atoms with E-state index in [1.807, 2.05) is 0 Å². The summed E-state index contributed by atoms with van der Waals surface area (Å²) < 4.78 is 40.7. The van der Waals surface area contributed by atoms with Gasteiger partial charge in [0.05, 0.1) is 0 Å². The van der Waals surface area contributed by atoms with E-state index in [2.05, 4.69) is 0 Å². The van der Waals surface area contributed by atoms with Crippen molar-refractivity contribution in [3.63, 3.8) is 0 Å². The van der Waals surface area contributed by atoms with Crippen molar-refractivity contribution in [2.75, 3.05) is 0 Å². The van der Waals surface area contributed by atoms with Crippen LogP contribution in [0.4, 0.5) is 13.2 Å². The Bertz CT molecular complexity index is 445. The quantitative estimate of drug-likeness (QED) is 0.852. The van der Waals surface area contributed by atoms with Crippen LogP contribution in [0.1, 0.15) is 12.5 Å². The standard InChI is InChI=1S/C12H12F3NO3/c1-8(16-11(18)12(13,14)15)10(17)19-7-9-5-3-2-4-6-9/h2-6,8H,7H2,1H3,(H,16,18)/t8-/m0/s1. The largest absolute Gasteiger partial charge is 0.471 e. The first-order valence-electron chi connectivity index (χ1n) is 5.39. The summed E-state index contributed by atoms with van der Waals surface area (Å²) in [5.74, 6) is -3.10. The lowest BCUT2D eigenvalue weighted by molar-refractivity contribution is -0.175. The molecule has 0 bridgehead atoms. The third-order valence-corrected chi connectivity index (χ3v) is 2.18. The van der Waals surface area contributed by atoms with E-state index in [1.165, 1.54) is 5.32 Å². The van der Waals surface area contributed by atoms with E-state index in [9.17, 15) is 22.8 Å². The summed E-state index contributed by atoms with van der Waals surface area (Å²) >= 11 is 0. The van der Waals surface area contributed by atoms with E-state index >= 15 is 0 Å². The average molecular weight is 275 g/mol. The van der Waals surface area contributed by atoms with E-state index in [-0.39, 0.29) is 6.61 Å². The van der Waals surface area contributed by atoms with Crippen molar-refractivity contribution in [3.8, 4) is 0 Å². The Morgan fingerprint density at radius 2 is 1.84 bits per heavy atom. The van der Waals surface area contributed by atoms with Crippen LogP contribution in [0.2, 0.25) is 0 Å². The van der Waals surface area contributed by atoms with E-state index in [0.717, 1.165) is 6.92 Å².